The van der Waals surface area contributed by atoms with Gasteiger partial charge in [-0.25, -0.2) is 0 Å². The Morgan fingerprint density at radius 3 is 2.70 bits per heavy atom. The number of carboxylic acid groups (broad SMARTS) is 1. The lowest BCUT2D eigenvalue weighted by atomic mass is 9.70. The minimum Gasteiger partial charge on any atom is -0.481 e. The molecule has 1 aromatic carbocycles. The molecule has 1 aromatic rings. The Balaban J connectivity index is 1.81. The average Bonchev–Trinajstić information content (AvgIpc) is 3.45. The molecule has 3 fully saturated rings. The molecule has 33 heavy (non-hydrogen) atoms. The Morgan fingerprint density at radius 1 is 1.36 bits per heavy atom. The second kappa shape index (κ2) is 9.27. The van der Waals surface area contributed by atoms with E-state index < -0.39 is 47.5 Å². The molecular formula is C25H32N2O6. The van der Waals surface area contributed by atoms with Gasteiger partial charge in [-0.15, -0.1) is 6.58 Å². The SMILES string of the molecule is C=CCN(CCCC)C(=O)C1N([C@H](CO)c2ccccc2)C(=O)[C@@H]2[C@H](C(=O)O)[C@@H]3CCC12O3. The number of carboxylic acids is 1. The van der Waals surface area contributed by atoms with Crippen molar-refractivity contribution in [2.24, 2.45) is 11.8 Å². The van der Waals surface area contributed by atoms with Gasteiger partial charge in [-0.05, 0) is 24.8 Å². The number of amides is 2. The number of carbonyl (C=O) groups is 3. The highest BCUT2D eigenvalue weighted by molar-refractivity contribution is 5.98. The number of aliphatic hydroxyl groups excluding tert-OH is 1. The summed E-state index contributed by atoms with van der Waals surface area (Å²) in [6.45, 7) is 6.24. The number of aliphatic hydroxyl groups is 1. The quantitative estimate of drug-likeness (QED) is 0.522. The van der Waals surface area contributed by atoms with Gasteiger partial charge in [-0.3, -0.25) is 14.4 Å². The van der Waals surface area contributed by atoms with Gasteiger partial charge in [0, 0.05) is 13.1 Å². The van der Waals surface area contributed by atoms with Gasteiger partial charge in [-0.1, -0.05) is 49.8 Å². The number of nitrogens with zero attached hydrogens (tertiary/aromatic N) is 2. The molecule has 3 saturated heterocycles. The maximum Gasteiger partial charge on any atom is 0.310 e. The summed E-state index contributed by atoms with van der Waals surface area (Å²) in [5.41, 5.74) is -0.511. The predicted octanol–water partition coefficient (Wildman–Crippen LogP) is 1.99. The molecule has 3 heterocycles. The van der Waals surface area contributed by atoms with Crippen molar-refractivity contribution in [1.29, 1.82) is 0 Å². The van der Waals surface area contributed by atoms with Crippen LogP contribution in [0.25, 0.3) is 0 Å². The van der Waals surface area contributed by atoms with Gasteiger partial charge in [0.1, 0.15) is 11.6 Å². The van der Waals surface area contributed by atoms with E-state index in [0.717, 1.165) is 12.8 Å². The van der Waals surface area contributed by atoms with Crippen LogP contribution in [0.15, 0.2) is 43.0 Å². The van der Waals surface area contributed by atoms with Gasteiger partial charge < -0.3 is 24.7 Å². The fourth-order valence-corrected chi connectivity index (χ4v) is 5.99. The molecule has 178 valence electrons. The minimum absolute atomic E-state index is 0.278. The molecule has 2 amide bonds. The van der Waals surface area contributed by atoms with Crippen LogP contribution in [-0.4, -0.2) is 75.2 Å². The molecule has 0 radical (unpaired) electrons. The number of rotatable bonds is 10. The van der Waals surface area contributed by atoms with E-state index in [9.17, 15) is 24.6 Å². The van der Waals surface area contributed by atoms with Crippen molar-refractivity contribution in [2.45, 2.75) is 56.4 Å². The predicted molar refractivity (Wildman–Crippen MR) is 120 cm³/mol. The maximum absolute atomic E-state index is 14.0. The standard InChI is InChI=1S/C25H32N2O6/c1-3-5-14-26(13-4-2)23(30)21-25-12-11-18(33-25)19(24(31)32)20(25)22(29)27(21)17(15-28)16-9-7-6-8-10-16/h4,6-10,17-21,28H,2-3,5,11-15H2,1H3,(H,31,32)/t17-,18+,19-,20+,21?,25?/m1/s1. The molecule has 2 unspecified atom stereocenters. The Kier molecular flexibility index (Phi) is 6.59. The summed E-state index contributed by atoms with van der Waals surface area (Å²) in [7, 11) is 0. The van der Waals surface area contributed by atoms with Crippen LogP contribution in [0.3, 0.4) is 0 Å². The van der Waals surface area contributed by atoms with E-state index in [1.54, 1.807) is 23.1 Å². The van der Waals surface area contributed by atoms with Crippen molar-refractivity contribution < 1.29 is 29.3 Å². The van der Waals surface area contributed by atoms with E-state index in [0.29, 0.717) is 31.5 Å². The van der Waals surface area contributed by atoms with Crippen molar-refractivity contribution >= 4 is 17.8 Å². The molecule has 8 nitrogen and oxygen atoms in total. The Morgan fingerprint density at radius 2 is 2.09 bits per heavy atom. The molecule has 6 atom stereocenters. The molecule has 0 saturated carbocycles. The third-order valence-corrected chi connectivity index (χ3v) is 7.39. The second-order valence-electron chi connectivity index (χ2n) is 9.18. The number of ether oxygens (including phenoxy) is 1. The van der Waals surface area contributed by atoms with Crippen molar-refractivity contribution in [3.63, 3.8) is 0 Å². The zero-order valence-corrected chi connectivity index (χ0v) is 18.9. The minimum atomic E-state index is -1.20. The monoisotopic (exact) mass is 456 g/mol. The number of benzene rings is 1. The van der Waals surface area contributed by atoms with Gasteiger partial charge >= 0.3 is 5.97 Å². The van der Waals surface area contributed by atoms with Crippen molar-refractivity contribution in [3.8, 4) is 0 Å². The first-order chi connectivity index (χ1) is 15.9. The van der Waals surface area contributed by atoms with Gasteiger partial charge in [0.05, 0.1) is 30.6 Å². The molecular weight excluding hydrogens is 424 g/mol. The van der Waals surface area contributed by atoms with Crippen LogP contribution in [0.5, 0.6) is 0 Å². The summed E-state index contributed by atoms with van der Waals surface area (Å²) in [6, 6.07) is 7.27. The second-order valence-corrected chi connectivity index (χ2v) is 9.18. The summed E-state index contributed by atoms with van der Waals surface area (Å²) < 4.78 is 6.26. The number of carbonyl (C=O) groups excluding carboxylic acids is 2. The number of hydrogen-bond acceptors (Lipinski definition) is 5. The summed E-state index contributed by atoms with van der Waals surface area (Å²) >= 11 is 0. The molecule has 2 bridgehead atoms. The van der Waals surface area contributed by atoms with Crippen molar-refractivity contribution in [2.75, 3.05) is 19.7 Å². The van der Waals surface area contributed by atoms with Crippen LogP contribution in [-0.2, 0) is 19.1 Å². The van der Waals surface area contributed by atoms with Gasteiger partial charge in [0.2, 0.25) is 11.8 Å². The first-order valence-corrected chi connectivity index (χ1v) is 11.7. The lowest BCUT2D eigenvalue weighted by Gasteiger charge is -2.39. The van der Waals surface area contributed by atoms with Crippen LogP contribution >= 0.6 is 0 Å². The van der Waals surface area contributed by atoms with E-state index >= 15 is 0 Å². The van der Waals surface area contributed by atoms with Crippen LogP contribution in [0.1, 0.15) is 44.2 Å². The van der Waals surface area contributed by atoms with Crippen molar-refractivity contribution in [1.82, 2.24) is 9.80 Å². The van der Waals surface area contributed by atoms with E-state index in [-0.39, 0.29) is 12.5 Å². The fourth-order valence-electron chi connectivity index (χ4n) is 5.99. The summed E-state index contributed by atoms with van der Waals surface area (Å²) in [5.74, 6) is -3.73. The van der Waals surface area contributed by atoms with Gasteiger partial charge in [0.15, 0.2) is 0 Å². The number of likely N-dealkylation sites (tertiary alicyclic amines) is 1. The van der Waals surface area contributed by atoms with E-state index in [4.69, 9.17) is 4.74 Å². The first kappa shape index (κ1) is 23.4. The number of hydrogen-bond donors (Lipinski definition) is 2. The molecule has 8 heteroatoms. The topological polar surface area (TPSA) is 107 Å². The third kappa shape index (κ3) is 3.65. The van der Waals surface area contributed by atoms with Crippen LogP contribution in [0.4, 0.5) is 0 Å². The van der Waals surface area contributed by atoms with Crippen LogP contribution < -0.4 is 0 Å². The Hall–Kier alpha value is -2.71. The number of aliphatic carboxylic acids is 1. The largest absolute Gasteiger partial charge is 0.481 e. The molecule has 0 aliphatic carbocycles. The smallest absolute Gasteiger partial charge is 0.310 e. The zero-order chi connectivity index (χ0) is 23.8. The highest BCUT2D eigenvalue weighted by Crippen LogP contribution is 2.59. The normalized spacial score (nSPS) is 30.8. The molecule has 1 spiro atoms. The molecule has 3 aliphatic rings. The highest BCUT2D eigenvalue weighted by Gasteiger charge is 2.75. The van der Waals surface area contributed by atoms with Crippen LogP contribution in [0, 0.1) is 11.8 Å². The van der Waals surface area contributed by atoms with E-state index in [1.807, 2.05) is 25.1 Å². The highest BCUT2D eigenvalue weighted by atomic mass is 16.5. The fraction of sp³-hybridized carbons (Fsp3) is 0.560. The van der Waals surface area contributed by atoms with E-state index in [1.165, 1.54) is 4.90 Å². The van der Waals surface area contributed by atoms with Gasteiger partial charge in [0.25, 0.3) is 0 Å². The summed E-state index contributed by atoms with van der Waals surface area (Å²) in [6.07, 6.45) is 3.68. The average molecular weight is 457 g/mol. The lowest BCUT2D eigenvalue weighted by Crippen LogP contribution is -2.57. The summed E-state index contributed by atoms with van der Waals surface area (Å²) in [5, 5.41) is 20.3. The number of unbranched alkanes of at least 4 members (excludes halogenated alkanes) is 1. The van der Waals surface area contributed by atoms with E-state index in [2.05, 4.69) is 6.58 Å². The lowest BCUT2D eigenvalue weighted by molar-refractivity contribution is -0.153. The molecule has 4 rings (SSSR count). The molecule has 3 aliphatic heterocycles. The molecule has 2 N–H and O–H groups in total. The molecule has 0 aromatic heterocycles. The van der Waals surface area contributed by atoms with Crippen LogP contribution in [0.2, 0.25) is 0 Å². The maximum atomic E-state index is 14.0. The van der Waals surface area contributed by atoms with Gasteiger partial charge in [-0.2, -0.15) is 0 Å². The Bertz CT molecular complexity index is 921. The zero-order valence-electron chi connectivity index (χ0n) is 18.9. The first-order valence-electron chi connectivity index (χ1n) is 11.7. The number of fused-ring (bicyclic) bond motifs is 1. The Labute approximate surface area is 193 Å². The summed E-state index contributed by atoms with van der Waals surface area (Å²) in [4.78, 5) is 43.1. The van der Waals surface area contributed by atoms with Crippen molar-refractivity contribution in [3.05, 3.63) is 48.6 Å². The third-order valence-electron chi connectivity index (χ3n) is 7.39.